The van der Waals surface area contributed by atoms with Gasteiger partial charge in [-0.15, -0.1) is 19.7 Å². The van der Waals surface area contributed by atoms with Crippen LogP contribution in [0.25, 0.3) is 0 Å². The smallest absolute Gasteiger partial charge is 0.338 e. The Morgan fingerprint density at radius 3 is 0.986 bits per heavy atom. The lowest BCUT2D eigenvalue weighted by Crippen LogP contribution is -2.40. The molecule has 6 rings (SSSR count). The van der Waals surface area contributed by atoms with Crippen molar-refractivity contribution in [3.63, 3.8) is 0 Å². The van der Waals surface area contributed by atoms with Crippen LogP contribution in [0.4, 0.5) is 0 Å². The van der Waals surface area contributed by atoms with Gasteiger partial charge >= 0.3 is 17.9 Å². The highest BCUT2D eigenvalue weighted by Crippen LogP contribution is 2.28. The minimum Gasteiger partial charge on any atom is -0.459 e. The van der Waals surface area contributed by atoms with Gasteiger partial charge in [0.15, 0.2) is 0 Å². The molecule has 380 valence electrons. The Balaban J connectivity index is 1.02. The molecule has 21 heteroatoms. The average molecular weight is 996 g/mol. The van der Waals surface area contributed by atoms with Gasteiger partial charge in [-0.2, -0.15) is 0 Å². The summed E-state index contributed by atoms with van der Waals surface area (Å²) in [5.41, 5.74) is -0.666. The van der Waals surface area contributed by atoms with Crippen LogP contribution in [-0.4, -0.2) is 181 Å². The summed E-state index contributed by atoms with van der Waals surface area (Å²) in [6.07, 6.45) is 0.458. The van der Waals surface area contributed by atoms with Crippen LogP contribution in [0.2, 0.25) is 0 Å². The Morgan fingerprint density at radius 2 is 0.736 bits per heavy atom. The third kappa shape index (κ3) is 12.1. The van der Waals surface area contributed by atoms with Crippen LogP contribution < -0.4 is 0 Å². The first kappa shape index (κ1) is 53.8. The molecule has 0 saturated heterocycles. The second-order valence-electron chi connectivity index (χ2n) is 17.0. The molecule has 0 fully saturated rings. The van der Waals surface area contributed by atoms with Gasteiger partial charge in [0.2, 0.25) is 0 Å². The van der Waals surface area contributed by atoms with Crippen molar-refractivity contribution in [3.8, 4) is 0 Å². The van der Waals surface area contributed by atoms with E-state index in [1.165, 1.54) is 72.8 Å². The van der Waals surface area contributed by atoms with Gasteiger partial charge in [0.1, 0.15) is 38.1 Å². The van der Waals surface area contributed by atoms with E-state index in [1.54, 1.807) is 6.92 Å². The Morgan fingerprint density at radius 1 is 0.472 bits per heavy atom. The normalized spacial score (nSPS) is 15.9. The van der Waals surface area contributed by atoms with Gasteiger partial charge in [0.05, 0.1) is 89.7 Å². The Kier molecular flexibility index (Phi) is 18.0. The van der Waals surface area contributed by atoms with Crippen LogP contribution in [0.5, 0.6) is 0 Å². The van der Waals surface area contributed by atoms with Crippen LogP contribution in [0, 0.1) is 5.41 Å². The van der Waals surface area contributed by atoms with Crippen molar-refractivity contribution in [2.24, 2.45) is 5.41 Å². The molecule has 3 aliphatic rings. The van der Waals surface area contributed by atoms with E-state index in [9.17, 15) is 58.5 Å². The lowest BCUT2D eigenvalue weighted by Gasteiger charge is -2.33. The summed E-state index contributed by atoms with van der Waals surface area (Å²) in [5, 5.41) is 32.1. The number of hydrogen-bond acceptors (Lipinski definition) is 18. The first-order chi connectivity index (χ1) is 34.5. The number of carbonyl (C=O) groups excluding carboxylic acids is 9. The number of nitrogens with zero attached hydrogens (tertiary/aromatic N) is 3. The minimum absolute atomic E-state index is 0.0103. The molecular weight excluding hydrogens is 943 g/mol. The van der Waals surface area contributed by atoms with Crippen molar-refractivity contribution in [3.05, 3.63) is 143 Å². The summed E-state index contributed by atoms with van der Waals surface area (Å²) in [6, 6.07) is 11.7. The molecule has 21 nitrogen and oxygen atoms in total. The first-order valence-electron chi connectivity index (χ1n) is 22.6. The standard InChI is InChI=1S/C51H53N3O18/c1-5-15-52-42(58)36-12-9-30(18-39(36)45(52)61)48(64)70-24-33(55)21-67-27-51(8-4,28-68-22-34(56)25-71-49(65)31-10-13-37-40(19-31)46(62)53(16-6-2)43(37)59)29-69-23-35(57)26-72-50(66)32-11-14-38-41(20-32)47(63)54(17-7-3)44(38)60/h5-7,9-14,18-20,33-35,55-57H,1-3,8,15-17,21-29H2,4H3. The summed E-state index contributed by atoms with van der Waals surface area (Å²) in [6.45, 7) is 9.28. The van der Waals surface area contributed by atoms with Crippen molar-refractivity contribution in [2.45, 2.75) is 31.7 Å². The monoisotopic (exact) mass is 995 g/mol. The van der Waals surface area contributed by atoms with Crippen molar-refractivity contribution >= 4 is 53.4 Å². The fourth-order valence-electron chi connectivity index (χ4n) is 7.71. The van der Waals surface area contributed by atoms with E-state index in [0.29, 0.717) is 6.42 Å². The van der Waals surface area contributed by atoms with E-state index >= 15 is 0 Å². The van der Waals surface area contributed by atoms with Gasteiger partial charge in [-0.3, -0.25) is 43.5 Å². The molecule has 0 aliphatic carbocycles. The van der Waals surface area contributed by atoms with Gasteiger partial charge < -0.3 is 43.7 Å². The van der Waals surface area contributed by atoms with Gasteiger partial charge in [-0.25, -0.2) is 14.4 Å². The van der Waals surface area contributed by atoms with E-state index < -0.39 is 96.9 Å². The number of benzene rings is 3. The molecule has 3 atom stereocenters. The number of aliphatic hydroxyl groups excluding tert-OH is 3. The highest BCUT2D eigenvalue weighted by atomic mass is 16.6. The maximum absolute atomic E-state index is 12.9. The second-order valence-corrected chi connectivity index (χ2v) is 17.0. The number of imide groups is 3. The lowest BCUT2D eigenvalue weighted by molar-refractivity contribution is -0.108. The topological polar surface area (TPSA) is 279 Å². The van der Waals surface area contributed by atoms with Crippen molar-refractivity contribution in [1.82, 2.24) is 14.7 Å². The van der Waals surface area contributed by atoms with E-state index in [0.717, 1.165) is 14.7 Å². The van der Waals surface area contributed by atoms with Gasteiger partial charge in [-0.1, -0.05) is 25.2 Å². The van der Waals surface area contributed by atoms with Gasteiger partial charge in [-0.05, 0) is 61.0 Å². The molecule has 3 aromatic rings. The highest BCUT2D eigenvalue weighted by Gasteiger charge is 2.38. The third-order valence-corrected chi connectivity index (χ3v) is 11.7. The number of amides is 6. The Hall–Kier alpha value is -7.53. The number of ether oxygens (including phenoxy) is 6. The number of aliphatic hydroxyl groups is 3. The molecular formula is C51H53N3O18. The zero-order valence-corrected chi connectivity index (χ0v) is 39.3. The van der Waals surface area contributed by atoms with E-state index in [1.807, 2.05) is 0 Å². The molecule has 6 amide bonds. The zero-order chi connectivity index (χ0) is 52.3. The summed E-state index contributed by atoms with van der Waals surface area (Å²) < 4.78 is 33.3. The van der Waals surface area contributed by atoms with Crippen molar-refractivity contribution in [1.29, 1.82) is 0 Å². The van der Waals surface area contributed by atoms with Crippen LogP contribution in [0.3, 0.4) is 0 Å². The fraction of sp³-hybridized carbons (Fsp3) is 0.353. The average Bonchev–Trinajstić information content (AvgIpc) is 3.87. The second kappa shape index (κ2) is 24.1. The number of carbonyl (C=O) groups is 9. The van der Waals surface area contributed by atoms with E-state index in [2.05, 4.69) is 19.7 Å². The largest absolute Gasteiger partial charge is 0.459 e. The Bertz CT molecular complexity index is 2400. The molecule has 3 unspecified atom stereocenters. The van der Waals surface area contributed by atoms with Gasteiger partial charge in [0.25, 0.3) is 35.4 Å². The first-order valence-corrected chi connectivity index (χ1v) is 22.6. The fourth-order valence-corrected chi connectivity index (χ4v) is 7.71. The van der Waals surface area contributed by atoms with Crippen LogP contribution in [0.15, 0.2) is 92.6 Å². The summed E-state index contributed by atoms with van der Waals surface area (Å²) >= 11 is 0. The molecule has 3 N–H and O–H groups in total. The lowest BCUT2D eigenvalue weighted by atomic mass is 9.88. The number of esters is 3. The number of hydrogen-bond donors (Lipinski definition) is 3. The molecule has 0 bridgehead atoms. The molecule has 0 radical (unpaired) electrons. The predicted octanol–water partition coefficient (Wildman–Crippen LogP) is 2.43. The Labute approximate surface area is 412 Å². The summed E-state index contributed by atoms with van der Waals surface area (Å²) in [7, 11) is 0. The molecule has 3 heterocycles. The minimum atomic E-state index is -1.34. The van der Waals surface area contributed by atoms with E-state index in [-0.39, 0.29) is 109 Å². The summed E-state index contributed by atoms with van der Waals surface area (Å²) in [4.78, 5) is 117. The molecule has 3 aromatic carbocycles. The van der Waals surface area contributed by atoms with E-state index in [4.69, 9.17) is 28.4 Å². The quantitative estimate of drug-likeness (QED) is 0.0408. The van der Waals surface area contributed by atoms with Crippen LogP contribution >= 0.6 is 0 Å². The molecule has 0 spiro atoms. The molecule has 0 aromatic heterocycles. The summed E-state index contributed by atoms with van der Waals surface area (Å²) in [5.74, 6) is -5.97. The van der Waals surface area contributed by atoms with Crippen molar-refractivity contribution in [2.75, 3.05) is 79.1 Å². The predicted molar refractivity (Wildman–Crippen MR) is 250 cm³/mol. The van der Waals surface area contributed by atoms with Crippen molar-refractivity contribution < 1.29 is 86.9 Å². The molecule has 72 heavy (non-hydrogen) atoms. The maximum Gasteiger partial charge on any atom is 0.338 e. The van der Waals surface area contributed by atoms with Gasteiger partial charge in [0, 0.05) is 25.0 Å². The maximum atomic E-state index is 12.9. The van der Waals surface area contributed by atoms with Crippen LogP contribution in [-0.2, 0) is 28.4 Å². The highest BCUT2D eigenvalue weighted by molar-refractivity contribution is 6.23. The third-order valence-electron chi connectivity index (χ3n) is 11.7. The SMILES string of the molecule is C=CCN1C(=O)c2ccc(C(=O)OCC(O)COCC(CC)(COCC(O)COC(=O)c3ccc4c(c3)C(=O)N(CC=C)C4=O)COCC(O)COC(=O)c3ccc4c(c3)C(=O)N(CC=C)C4=O)cc2C1=O. The number of fused-ring (bicyclic) bond motifs is 3. The zero-order valence-electron chi connectivity index (χ0n) is 39.3. The van der Waals surface area contributed by atoms with Crippen LogP contribution in [0.1, 0.15) is 107 Å². The molecule has 3 aliphatic heterocycles. The number of rotatable bonds is 28. The molecule has 0 saturated carbocycles.